The van der Waals surface area contributed by atoms with E-state index in [0.717, 1.165) is 16.7 Å². The average Bonchev–Trinajstić information content (AvgIpc) is 2.54. The molecule has 0 heterocycles. The van der Waals surface area contributed by atoms with Gasteiger partial charge in [-0.1, -0.05) is 42.0 Å². The summed E-state index contributed by atoms with van der Waals surface area (Å²) in [6.07, 6.45) is 1.09. The van der Waals surface area contributed by atoms with E-state index in [-0.39, 0.29) is 11.8 Å². The summed E-state index contributed by atoms with van der Waals surface area (Å²) in [5.74, 6) is 0.00135. The molecule has 0 spiro atoms. The van der Waals surface area contributed by atoms with E-state index in [2.05, 4.69) is 5.32 Å². The van der Waals surface area contributed by atoms with Crippen molar-refractivity contribution < 1.29 is 9.59 Å². The van der Waals surface area contributed by atoms with Gasteiger partial charge in [0.1, 0.15) is 0 Å². The molecule has 2 aromatic rings. The summed E-state index contributed by atoms with van der Waals surface area (Å²) >= 11 is 0. The van der Waals surface area contributed by atoms with Crippen molar-refractivity contribution in [3.63, 3.8) is 0 Å². The molecule has 24 heavy (non-hydrogen) atoms. The molecular formula is C20H24N2O2. The number of rotatable bonds is 6. The number of carbonyl (C=O) groups excluding carboxylic acids is 2. The molecule has 0 aliphatic rings. The third kappa shape index (κ3) is 5.23. The molecule has 0 fully saturated rings. The van der Waals surface area contributed by atoms with Crippen LogP contribution in [0.5, 0.6) is 0 Å². The Morgan fingerprint density at radius 3 is 2.42 bits per heavy atom. The molecular weight excluding hydrogens is 300 g/mol. The molecule has 2 amide bonds. The van der Waals surface area contributed by atoms with E-state index in [4.69, 9.17) is 0 Å². The predicted molar refractivity (Wildman–Crippen MR) is 96.1 cm³/mol. The van der Waals surface area contributed by atoms with Crippen molar-refractivity contribution in [1.29, 1.82) is 0 Å². The molecule has 1 N–H and O–H groups in total. The lowest BCUT2D eigenvalue weighted by atomic mass is 10.1. The summed E-state index contributed by atoms with van der Waals surface area (Å²) in [4.78, 5) is 25.5. The van der Waals surface area contributed by atoms with Gasteiger partial charge in [0.25, 0.3) is 5.91 Å². The van der Waals surface area contributed by atoms with Crippen molar-refractivity contribution >= 4 is 11.8 Å². The van der Waals surface area contributed by atoms with Crippen molar-refractivity contribution in [3.05, 3.63) is 70.8 Å². The van der Waals surface area contributed by atoms with Crippen LogP contribution in [0.2, 0.25) is 0 Å². The number of nitrogens with one attached hydrogen (secondary N) is 1. The van der Waals surface area contributed by atoms with Crippen LogP contribution in [0.25, 0.3) is 0 Å². The van der Waals surface area contributed by atoms with Gasteiger partial charge >= 0.3 is 0 Å². The summed E-state index contributed by atoms with van der Waals surface area (Å²) in [7, 11) is 3.47. The van der Waals surface area contributed by atoms with E-state index in [1.807, 2.05) is 55.5 Å². The quantitative estimate of drug-likeness (QED) is 0.888. The molecule has 126 valence electrons. The van der Waals surface area contributed by atoms with Gasteiger partial charge in [-0.25, -0.2) is 0 Å². The van der Waals surface area contributed by atoms with Crippen molar-refractivity contribution in [1.82, 2.24) is 10.2 Å². The maximum absolute atomic E-state index is 12.0. The lowest BCUT2D eigenvalue weighted by Gasteiger charge is -2.11. The zero-order valence-electron chi connectivity index (χ0n) is 14.5. The molecule has 0 aliphatic carbocycles. The summed E-state index contributed by atoms with van der Waals surface area (Å²) in [5.41, 5.74) is 3.89. The lowest BCUT2D eigenvalue weighted by Crippen LogP contribution is -2.27. The monoisotopic (exact) mass is 324 g/mol. The zero-order chi connectivity index (χ0) is 17.5. The van der Waals surface area contributed by atoms with Crippen LogP contribution in [0.15, 0.2) is 48.5 Å². The van der Waals surface area contributed by atoms with Crippen molar-refractivity contribution in [3.8, 4) is 0 Å². The van der Waals surface area contributed by atoms with E-state index in [0.29, 0.717) is 24.9 Å². The lowest BCUT2D eigenvalue weighted by molar-refractivity contribution is -0.120. The molecule has 0 radical (unpaired) electrons. The van der Waals surface area contributed by atoms with E-state index >= 15 is 0 Å². The van der Waals surface area contributed by atoms with Crippen molar-refractivity contribution in [2.45, 2.75) is 19.8 Å². The van der Waals surface area contributed by atoms with Crippen molar-refractivity contribution in [2.75, 3.05) is 20.6 Å². The molecule has 2 aromatic carbocycles. The molecule has 0 bridgehead atoms. The SMILES string of the molecule is Cc1cccc(CC(=O)NCCc2cccc(C(=O)N(C)C)c2)c1. The highest BCUT2D eigenvalue weighted by molar-refractivity contribution is 5.94. The van der Waals surface area contributed by atoms with Gasteiger partial charge < -0.3 is 10.2 Å². The first-order chi connectivity index (χ1) is 11.5. The van der Waals surface area contributed by atoms with Crippen LogP contribution >= 0.6 is 0 Å². The Balaban J connectivity index is 1.84. The van der Waals surface area contributed by atoms with Crippen LogP contribution in [-0.4, -0.2) is 37.4 Å². The second-order valence-electron chi connectivity index (χ2n) is 6.17. The highest BCUT2D eigenvalue weighted by atomic mass is 16.2. The zero-order valence-corrected chi connectivity index (χ0v) is 14.5. The van der Waals surface area contributed by atoms with E-state index < -0.39 is 0 Å². The Kier molecular flexibility index (Phi) is 6.13. The first-order valence-electron chi connectivity index (χ1n) is 8.08. The van der Waals surface area contributed by atoms with Crippen LogP contribution in [0, 0.1) is 6.92 Å². The fourth-order valence-electron chi connectivity index (χ4n) is 2.53. The normalized spacial score (nSPS) is 10.3. The molecule has 0 aromatic heterocycles. The molecule has 0 aliphatic heterocycles. The van der Waals surface area contributed by atoms with E-state index in [1.165, 1.54) is 0 Å². The van der Waals surface area contributed by atoms with Gasteiger partial charge in [0.15, 0.2) is 0 Å². The predicted octanol–water partition coefficient (Wildman–Crippen LogP) is 2.60. The Morgan fingerprint density at radius 1 is 1.00 bits per heavy atom. The minimum Gasteiger partial charge on any atom is -0.355 e. The number of amides is 2. The topological polar surface area (TPSA) is 49.4 Å². The fraction of sp³-hybridized carbons (Fsp3) is 0.300. The molecule has 2 rings (SSSR count). The Hall–Kier alpha value is -2.62. The van der Waals surface area contributed by atoms with Crippen LogP contribution < -0.4 is 5.32 Å². The number of nitrogens with zero attached hydrogens (tertiary/aromatic N) is 1. The third-order valence-electron chi connectivity index (χ3n) is 3.76. The van der Waals surface area contributed by atoms with Gasteiger partial charge in [0.05, 0.1) is 6.42 Å². The molecule has 4 heteroatoms. The largest absolute Gasteiger partial charge is 0.355 e. The Morgan fingerprint density at radius 2 is 1.71 bits per heavy atom. The summed E-state index contributed by atoms with van der Waals surface area (Å²) in [5, 5.41) is 2.94. The van der Waals surface area contributed by atoms with Crippen LogP contribution in [0.3, 0.4) is 0 Å². The van der Waals surface area contributed by atoms with Gasteiger partial charge in [0.2, 0.25) is 5.91 Å². The van der Waals surface area contributed by atoms with Gasteiger partial charge in [-0.2, -0.15) is 0 Å². The number of hydrogen-bond donors (Lipinski definition) is 1. The highest BCUT2D eigenvalue weighted by Gasteiger charge is 2.08. The van der Waals surface area contributed by atoms with Gasteiger partial charge in [-0.3, -0.25) is 9.59 Å². The number of benzene rings is 2. The smallest absolute Gasteiger partial charge is 0.253 e. The second-order valence-corrected chi connectivity index (χ2v) is 6.17. The minimum absolute atomic E-state index is 0.0136. The molecule has 0 unspecified atom stereocenters. The van der Waals surface area contributed by atoms with Crippen molar-refractivity contribution in [2.24, 2.45) is 0 Å². The number of hydrogen-bond acceptors (Lipinski definition) is 2. The summed E-state index contributed by atoms with van der Waals surface area (Å²) in [6.45, 7) is 2.58. The molecule has 4 nitrogen and oxygen atoms in total. The Labute approximate surface area is 143 Å². The number of aryl methyl sites for hydroxylation is 1. The molecule has 0 saturated heterocycles. The Bertz CT molecular complexity index is 723. The first-order valence-corrected chi connectivity index (χ1v) is 8.08. The van der Waals surface area contributed by atoms with Gasteiger partial charge in [-0.15, -0.1) is 0 Å². The van der Waals surface area contributed by atoms with E-state index in [1.54, 1.807) is 19.0 Å². The van der Waals surface area contributed by atoms with Crippen LogP contribution in [0.4, 0.5) is 0 Å². The summed E-state index contributed by atoms with van der Waals surface area (Å²) < 4.78 is 0. The minimum atomic E-state index is -0.0136. The van der Waals surface area contributed by atoms with Gasteiger partial charge in [-0.05, 0) is 36.6 Å². The maximum atomic E-state index is 12.0. The fourth-order valence-corrected chi connectivity index (χ4v) is 2.53. The average molecular weight is 324 g/mol. The molecule has 0 saturated carbocycles. The highest BCUT2D eigenvalue weighted by Crippen LogP contribution is 2.08. The molecule has 0 atom stereocenters. The standard InChI is InChI=1S/C20H24N2O2/c1-15-6-4-8-17(12-15)14-19(23)21-11-10-16-7-5-9-18(13-16)20(24)22(2)3/h4-9,12-13H,10-11,14H2,1-3H3,(H,21,23). The second kappa shape index (κ2) is 8.29. The third-order valence-corrected chi connectivity index (χ3v) is 3.76. The number of carbonyl (C=O) groups is 2. The summed E-state index contributed by atoms with van der Waals surface area (Å²) in [6, 6.07) is 15.5. The van der Waals surface area contributed by atoms with Gasteiger partial charge in [0, 0.05) is 26.2 Å². The van der Waals surface area contributed by atoms with E-state index in [9.17, 15) is 9.59 Å². The first kappa shape index (κ1) is 17.7. The van der Waals surface area contributed by atoms with Crippen LogP contribution in [0.1, 0.15) is 27.0 Å². The van der Waals surface area contributed by atoms with Crippen LogP contribution in [-0.2, 0) is 17.6 Å². The maximum Gasteiger partial charge on any atom is 0.253 e.